The van der Waals surface area contributed by atoms with E-state index in [1.165, 1.54) is 88.7 Å². The van der Waals surface area contributed by atoms with Crippen LogP contribution in [0, 0.1) is 13.8 Å². The lowest BCUT2D eigenvalue weighted by Crippen LogP contribution is -2.11. The first kappa shape index (κ1) is 26.5. The third-order valence-corrected chi connectivity index (χ3v) is 9.43. The van der Waals surface area contributed by atoms with Crippen LogP contribution in [0.3, 0.4) is 0 Å². The predicted molar refractivity (Wildman–Crippen MR) is 190 cm³/mol. The molecule has 1 nitrogen and oxygen atoms in total. The number of benzene rings is 7. The summed E-state index contributed by atoms with van der Waals surface area (Å²) >= 11 is 0. The first-order valence-electron chi connectivity index (χ1n) is 15.6. The minimum atomic E-state index is 0.466. The van der Waals surface area contributed by atoms with Crippen LogP contribution in [0.2, 0.25) is 0 Å². The summed E-state index contributed by atoms with van der Waals surface area (Å²) in [5, 5.41) is 5.11. The standard InChI is InChI=1S/C43H35N/c1-27(2)31-11-8-12-37(21-31)44(38-17-13-28(3)29(4)19-38)39-18-16-34-24-41-42-25-35-20-32(30-9-6-5-7-10-30)14-15-33(35)23-40(42)43(41)26-36(34)22-39/h5-27H,1-4H3. The van der Waals surface area contributed by atoms with E-state index in [-0.39, 0.29) is 0 Å². The summed E-state index contributed by atoms with van der Waals surface area (Å²) in [7, 11) is 0. The van der Waals surface area contributed by atoms with Gasteiger partial charge in [-0.15, -0.1) is 0 Å². The SMILES string of the molecule is Cc1ccc(N(c2cccc(C(C)C)c2)c2ccc3cc4c(cc3c2)-c2cc3ccc(-c5ccccc5)cc3cc2-4)cc1C. The zero-order chi connectivity index (χ0) is 29.9. The van der Waals surface area contributed by atoms with Crippen molar-refractivity contribution in [2.45, 2.75) is 33.6 Å². The maximum Gasteiger partial charge on any atom is 0.0468 e. The number of fused-ring (bicyclic) bond motifs is 6. The molecule has 0 saturated heterocycles. The van der Waals surface area contributed by atoms with Gasteiger partial charge in [-0.1, -0.05) is 80.6 Å². The van der Waals surface area contributed by atoms with Gasteiger partial charge in [-0.3, -0.25) is 0 Å². The highest BCUT2D eigenvalue weighted by atomic mass is 15.1. The molecular weight excluding hydrogens is 530 g/mol. The van der Waals surface area contributed by atoms with Crippen LogP contribution in [-0.4, -0.2) is 0 Å². The van der Waals surface area contributed by atoms with Crippen LogP contribution in [0.15, 0.2) is 133 Å². The van der Waals surface area contributed by atoms with Crippen molar-refractivity contribution in [3.63, 3.8) is 0 Å². The predicted octanol–water partition coefficient (Wildman–Crippen LogP) is 12.5. The minimum absolute atomic E-state index is 0.466. The lowest BCUT2D eigenvalue weighted by atomic mass is 9.77. The summed E-state index contributed by atoms with van der Waals surface area (Å²) in [6.07, 6.45) is 0. The Balaban J connectivity index is 1.22. The fourth-order valence-electron chi connectivity index (χ4n) is 6.70. The molecule has 0 amide bonds. The van der Waals surface area contributed by atoms with Crippen LogP contribution in [0.25, 0.3) is 54.9 Å². The van der Waals surface area contributed by atoms with Crippen molar-refractivity contribution in [1.82, 2.24) is 0 Å². The molecule has 1 heteroatoms. The van der Waals surface area contributed by atoms with E-state index in [9.17, 15) is 0 Å². The van der Waals surface area contributed by atoms with E-state index in [4.69, 9.17) is 0 Å². The van der Waals surface area contributed by atoms with Gasteiger partial charge in [-0.05, 0) is 158 Å². The van der Waals surface area contributed by atoms with Gasteiger partial charge in [0.1, 0.15) is 0 Å². The number of aryl methyl sites for hydroxylation is 2. The Bertz CT molecular complexity index is 2220. The first-order chi connectivity index (χ1) is 21.4. The quantitative estimate of drug-likeness (QED) is 0.201. The largest absolute Gasteiger partial charge is 0.310 e. The van der Waals surface area contributed by atoms with Crippen LogP contribution in [0.4, 0.5) is 17.1 Å². The summed E-state index contributed by atoms with van der Waals surface area (Å²) < 4.78 is 0. The maximum atomic E-state index is 2.41. The number of rotatable bonds is 5. The molecule has 0 fully saturated rings. The highest BCUT2D eigenvalue weighted by Crippen LogP contribution is 2.51. The molecule has 0 heterocycles. The highest BCUT2D eigenvalue weighted by Gasteiger charge is 2.24. The van der Waals surface area contributed by atoms with Crippen molar-refractivity contribution < 1.29 is 0 Å². The number of hydrogen-bond donors (Lipinski definition) is 0. The molecule has 7 aromatic rings. The first-order valence-corrected chi connectivity index (χ1v) is 15.6. The Morgan fingerprint density at radius 1 is 0.409 bits per heavy atom. The van der Waals surface area contributed by atoms with Gasteiger partial charge in [-0.2, -0.15) is 0 Å². The van der Waals surface area contributed by atoms with Crippen molar-refractivity contribution in [2.75, 3.05) is 4.90 Å². The van der Waals surface area contributed by atoms with Crippen molar-refractivity contribution in [1.29, 1.82) is 0 Å². The summed E-state index contributed by atoms with van der Waals surface area (Å²) in [5.41, 5.74) is 15.4. The molecule has 0 aliphatic heterocycles. The molecule has 0 saturated carbocycles. The zero-order valence-electron chi connectivity index (χ0n) is 25.7. The van der Waals surface area contributed by atoms with Crippen LogP contribution in [0.1, 0.15) is 36.5 Å². The lowest BCUT2D eigenvalue weighted by Gasteiger charge is -2.28. The van der Waals surface area contributed by atoms with Gasteiger partial charge in [-0.25, -0.2) is 0 Å². The fraction of sp³-hybridized carbons (Fsp3) is 0.116. The molecule has 0 atom stereocenters. The Hall–Kier alpha value is -5.14. The van der Waals surface area contributed by atoms with E-state index in [2.05, 4.69) is 166 Å². The second-order valence-electron chi connectivity index (χ2n) is 12.6. The Labute approximate surface area is 260 Å². The Morgan fingerprint density at radius 3 is 1.68 bits per heavy atom. The third-order valence-electron chi connectivity index (χ3n) is 9.43. The molecule has 44 heavy (non-hydrogen) atoms. The van der Waals surface area contributed by atoms with E-state index >= 15 is 0 Å². The second-order valence-corrected chi connectivity index (χ2v) is 12.6. The molecule has 0 bridgehead atoms. The summed E-state index contributed by atoms with van der Waals surface area (Å²) in [4.78, 5) is 2.41. The Morgan fingerprint density at radius 2 is 1.00 bits per heavy atom. The van der Waals surface area contributed by atoms with Gasteiger partial charge in [0, 0.05) is 17.1 Å². The normalized spacial score (nSPS) is 11.8. The molecule has 0 N–H and O–H groups in total. The summed E-state index contributed by atoms with van der Waals surface area (Å²) in [5.74, 6) is 0.466. The molecule has 1 aliphatic rings. The lowest BCUT2D eigenvalue weighted by molar-refractivity contribution is 0.866. The molecule has 8 rings (SSSR count). The maximum absolute atomic E-state index is 2.41. The van der Waals surface area contributed by atoms with Crippen molar-refractivity contribution in [2.24, 2.45) is 0 Å². The number of hydrogen-bond acceptors (Lipinski definition) is 1. The van der Waals surface area contributed by atoms with Gasteiger partial charge in [0.05, 0.1) is 0 Å². The summed E-state index contributed by atoms with van der Waals surface area (Å²) in [6.45, 7) is 8.90. The Kier molecular flexibility index (Phi) is 6.17. The second kappa shape index (κ2) is 10.2. The molecular formula is C43H35N. The van der Waals surface area contributed by atoms with Gasteiger partial charge < -0.3 is 4.90 Å². The minimum Gasteiger partial charge on any atom is -0.310 e. The topological polar surface area (TPSA) is 3.24 Å². The highest BCUT2D eigenvalue weighted by molar-refractivity contribution is 6.12. The molecule has 7 aromatic carbocycles. The van der Waals surface area contributed by atoms with Crippen molar-refractivity contribution in [3.05, 3.63) is 150 Å². The number of nitrogens with zero attached hydrogens (tertiary/aromatic N) is 1. The average Bonchev–Trinajstić information content (AvgIpc) is 3.05. The monoisotopic (exact) mass is 565 g/mol. The van der Waals surface area contributed by atoms with Gasteiger partial charge >= 0.3 is 0 Å². The smallest absolute Gasteiger partial charge is 0.0468 e. The molecule has 0 spiro atoms. The third kappa shape index (κ3) is 4.39. The van der Waals surface area contributed by atoms with Gasteiger partial charge in [0.2, 0.25) is 0 Å². The van der Waals surface area contributed by atoms with Crippen LogP contribution in [-0.2, 0) is 0 Å². The van der Waals surface area contributed by atoms with Gasteiger partial charge in [0.25, 0.3) is 0 Å². The molecule has 0 unspecified atom stereocenters. The molecule has 212 valence electrons. The van der Waals surface area contributed by atoms with Crippen LogP contribution < -0.4 is 4.90 Å². The molecule has 1 aliphatic carbocycles. The van der Waals surface area contributed by atoms with E-state index in [0.717, 1.165) is 0 Å². The van der Waals surface area contributed by atoms with Crippen LogP contribution >= 0.6 is 0 Å². The van der Waals surface area contributed by atoms with E-state index < -0.39 is 0 Å². The van der Waals surface area contributed by atoms with E-state index in [1.807, 2.05) is 0 Å². The van der Waals surface area contributed by atoms with E-state index in [1.54, 1.807) is 0 Å². The van der Waals surface area contributed by atoms with E-state index in [0.29, 0.717) is 5.92 Å². The molecule has 0 aromatic heterocycles. The van der Waals surface area contributed by atoms with Gasteiger partial charge in [0.15, 0.2) is 0 Å². The van der Waals surface area contributed by atoms with Crippen molar-refractivity contribution >= 4 is 38.6 Å². The van der Waals surface area contributed by atoms with Crippen molar-refractivity contribution in [3.8, 4) is 33.4 Å². The summed E-state index contributed by atoms with van der Waals surface area (Å²) in [6, 6.07) is 49.7. The zero-order valence-corrected chi connectivity index (χ0v) is 25.7. The fourth-order valence-corrected chi connectivity index (χ4v) is 6.70. The average molecular weight is 566 g/mol. The van der Waals surface area contributed by atoms with Crippen LogP contribution in [0.5, 0.6) is 0 Å². The molecule has 0 radical (unpaired) electrons. The number of anilines is 3.